The van der Waals surface area contributed by atoms with E-state index in [0.29, 0.717) is 34.1 Å². The summed E-state index contributed by atoms with van der Waals surface area (Å²) in [4.78, 5) is 20.1. The third kappa shape index (κ3) is 4.52. The van der Waals surface area contributed by atoms with Crippen molar-refractivity contribution in [1.29, 1.82) is 0 Å². The van der Waals surface area contributed by atoms with Crippen molar-refractivity contribution in [3.05, 3.63) is 111 Å². The molecule has 0 unspecified atom stereocenters. The van der Waals surface area contributed by atoms with Gasteiger partial charge in [-0.25, -0.2) is 4.39 Å². The van der Waals surface area contributed by atoms with E-state index in [1.54, 1.807) is 36.4 Å². The summed E-state index contributed by atoms with van der Waals surface area (Å²) in [7, 11) is 0. The summed E-state index contributed by atoms with van der Waals surface area (Å²) in [6.07, 6.45) is 4.02. The number of fused-ring (bicyclic) bond motifs is 1. The van der Waals surface area contributed by atoms with E-state index in [1.807, 2.05) is 0 Å². The third-order valence-corrected chi connectivity index (χ3v) is 7.57. The van der Waals surface area contributed by atoms with Crippen LogP contribution in [-0.2, 0) is 16.1 Å². The van der Waals surface area contributed by atoms with Gasteiger partial charge in [0.1, 0.15) is 5.82 Å². The predicted molar refractivity (Wildman–Crippen MR) is 142 cm³/mol. The van der Waals surface area contributed by atoms with E-state index in [0.717, 1.165) is 0 Å². The largest absolute Gasteiger partial charge is 0.387 e. The van der Waals surface area contributed by atoms with Crippen LogP contribution in [0, 0.1) is 5.82 Å². The first-order valence-electron chi connectivity index (χ1n) is 12.2. The monoisotopic (exact) mass is 556 g/mol. The molecule has 1 aromatic heterocycles. The van der Waals surface area contributed by atoms with Crippen molar-refractivity contribution in [3.63, 3.8) is 0 Å². The Labute approximate surface area is 230 Å². The molecule has 0 radical (unpaired) electrons. The van der Waals surface area contributed by atoms with E-state index in [-0.39, 0.29) is 23.3 Å². The van der Waals surface area contributed by atoms with Gasteiger partial charge in [-0.05, 0) is 68.7 Å². The molecule has 9 heteroatoms. The van der Waals surface area contributed by atoms with Gasteiger partial charge in [0, 0.05) is 16.8 Å². The number of nitrogens with zero attached hydrogens (tertiary/aromatic N) is 2. The maximum atomic E-state index is 16.2. The van der Waals surface area contributed by atoms with Crippen LogP contribution in [-0.4, -0.2) is 38.2 Å². The molecular formula is C29H27Cl2FN2O4. The molecule has 1 aliphatic heterocycles. The van der Waals surface area contributed by atoms with E-state index in [1.165, 1.54) is 43.2 Å². The fourth-order valence-electron chi connectivity index (χ4n) is 4.82. The Morgan fingerprint density at radius 1 is 1.18 bits per heavy atom. The molecule has 0 bridgehead atoms. The SMILES string of the molecule is C=C[C@@H](c1ccc(Cl)cn1)N1C(=O)c2cc(C(C)(C)O)cc(F)c2[C@]1(OCC1(O)CC1)c1ccc(Cl)cc1. The Kier molecular flexibility index (Phi) is 6.65. The third-order valence-electron chi connectivity index (χ3n) is 7.09. The highest BCUT2D eigenvalue weighted by molar-refractivity contribution is 6.30. The number of pyridine rings is 1. The molecule has 2 heterocycles. The minimum absolute atomic E-state index is 0.0251. The van der Waals surface area contributed by atoms with Gasteiger partial charge in [-0.3, -0.25) is 14.7 Å². The molecule has 6 nitrogen and oxygen atoms in total. The van der Waals surface area contributed by atoms with Crippen molar-refractivity contribution < 1.29 is 24.1 Å². The van der Waals surface area contributed by atoms with Crippen LogP contribution in [0.3, 0.4) is 0 Å². The van der Waals surface area contributed by atoms with Gasteiger partial charge in [-0.15, -0.1) is 6.58 Å². The van der Waals surface area contributed by atoms with Crippen LogP contribution in [0.4, 0.5) is 4.39 Å². The Bertz CT molecular complexity index is 1400. The van der Waals surface area contributed by atoms with E-state index < -0.39 is 34.7 Å². The number of rotatable bonds is 8. The number of aliphatic hydroxyl groups is 2. The van der Waals surface area contributed by atoms with Crippen molar-refractivity contribution in [2.24, 2.45) is 0 Å². The van der Waals surface area contributed by atoms with Crippen LogP contribution in [0.15, 0.2) is 67.4 Å². The molecule has 0 spiro atoms. The molecule has 1 fully saturated rings. The van der Waals surface area contributed by atoms with Gasteiger partial charge in [-0.2, -0.15) is 0 Å². The second kappa shape index (κ2) is 9.43. The molecule has 1 saturated carbocycles. The fourth-order valence-corrected chi connectivity index (χ4v) is 5.06. The van der Waals surface area contributed by atoms with Gasteiger partial charge >= 0.3 is 0 Å². The van der Waals surface area contributed by atoms with Crippen LogP contribution in [0.2, 0.25) is 10.0 Å². The standard InChI is InChI=1S/C29H27Cl2FN2O4/c1-4-24(23-10-9-20(31)15-33-23)34-26(35)21-13-18(27(2,3)36)14-22(32)25(21)29(34,38-16-28(37)11-12-28)17-5-7-19(30)8-6-17/h4-10,13-15,24,36-37H,1,11-12,16H2,2-3H3/t24-,29+/m0/s1. The lowest BCUT2D eigenvalue weighted by Gasteiger charge is -2.43. The van der Waals surface area contributed by atoms with Crippen molar-refractivity contribution in [1.82, 2.24) is 9.88 Å². The second-order valence-corrected chi connectivity index (χ2v) is 11.2. The molecule has 198 valence electrons. The summed E-state index contributed by atoms with van der Waals surface area (Å²) < 4.78 is 22.7. The fraction of sp³-hybridized carbons (Fsp3) is 0.310. The van der Waals surface area contributed by atoms with Crippen LogP contribution in [0.1, 0.15) is 65.5 Å². The number of aromatic nitrogens is 1. The summed E-state index contributed by atoms with van der Waals surface area (Å²) in [5, 5.41) is 22.2. The number of carbonyl (C=O) groups excluding carboxylic acids is 1. The van der Waals surface area contributed by atoms with Crippen LogP contribution in [0.5, 0.6) is 0 Å². The smallest absolute Gasteiger partial charge is 0.258 e. The average molecular weight is 557 g/mol. The van der Waals surface area contributed by atoms with Gasteiger partial charge in [-0.1, -0.05) is 41.4 Å². The molecule has 0 saturated heterocycles. The molecule has 2 atom stereocenters. The number of carbonyl (C=O) groups is 1. The number of ether oxygens (including phenoxy) is 1. The van der Waals surface area contributed by atoms with Crippen molar-refractivity contribution >= 4 is 29.1 Å². The number of benzene rings is 2. The Hall–Kier alpha value is -2.81. The van der Waals surface area contributed by atoms with E-state index in [2.05, 4.69) is 11.6 Å². The number of hydrogen-bond acceptors (Lipinski definition) is 5. The van der Waals surface area contributed by atoms with Crippen LogP contribution in [0.25, 0.3) is 0 Å². The lowest BCUT2D eigenvalue weighted by Crippen LogP contribution is -2.50. The van der Waals surface area contributed by atoms with E-state index >= 15 is 4.39 Å². The molecule has 5 rings (SSSR count). The summed E-state index contributed by atoms with van der Waals surface area (Å²) in [5.74, 6) is -1.29. The molecule has 1 amide bonds. The molecular weight excluding hydrogens is 530 g/mol. The number of amides is 1. The first-order valence-corrected chi connectivity index (χ1v) is 12.9. The lowest BCUT2D eigenvalue weighted by molar-refractivity contribution is -0.144. The van der Waals surface area contributed by atoms with Gasteiger partial charge in [0.05, 0.1) is 45.7 Å². The first kappa shape index (κ1) is 26.8. The number of hydrogen-bond donors (Lipinski definition) is 2. The summed E-state index contributed by atoms with van der Waals surface area (Å²) in [5.41, 5.74) is -3.21. The number of halogens is 3. The Morgan fingerprint density at radius 2 is 1.84 bits per heavy atom. The Morgan fingerprint density at radius 3 is 2.39 bits per heavy atom. The highest BCUT2D eigenvalue weighted by Gasteiger charge is 2.58. The van der Waals surface area contributed by atoms with E-state index in [9.17, 15) is 15.0 Å². The maximum absolute atomic E-state index is 16.2. The van der Waals surface area contributed by atoms with Gasteiger partial charge in [0.15, 0.2) is 0 Å². The zero-order valence-electron chi connectivity index (χ0n) is 20.9. The molecule has 2 aromatic carbocycles. The van der Waals surface area contributed by atoms with Gasteiger partial charge < -0.3 is 14.9 Å². The summed E-state index contributed by atoms with van der Waals surface area (Å²) >= 11 is 12.3. The molecule has 38 heavy (non-hydrogen) atoms. The zero-order chi connectivity index (χ0) is 27.5. The molecule has 2 N–H and O–H groups in total. The lowest BCUT2D eigenvalue weighted by atomic mass is 9.88. The van der Waals surface area contributed by atoms with Crippen molar-refractivity contribution in [3.8, 4) is 0 Å². The summed E-state index contributed by atoms with van der Waals surface area (Å²) in [6.45, 7) is 6.83. The van der Waals surface area contributed by atoms with E-state index in [4.69, 9.17) is 27.9 Å². The van der Waals surface area contributed by atoms with Crippen molar-refractivity contribution in [2.75, 3.05) is 6.61 Å². The average Bonchev–Trinajstić information content (AvgIpc) is 3.55. The van der Waals surface area contributed by atoms with Crippen LogP contribution < -0.4 is 0 Å². The topological polar surface area (TPSA) is 82.9 Å². The predicted octanol–water partition coefficient (Wildman–Crippen LogP) is 5.88. The maximum Gasteiger partial charge on any atom is 0.258 e. The van der Waals surface area contributed by atoms with Crippen molar-refractivity contribution in [2.45, 2.75) is 49.7 Å². The molecule has 3 aromatic rings. The highest BCUT2D eigenvalue weighted by Crippen LogP contribution is 2.52. The quantitative estimate of drug-likeness (QED) is 0.338. The van der Waals surface area contributed by atoms with Gasteiger partial charge in [0.25, 0.3) is 5.91 Å². The molecule has 1 aliphatic carbocycles. The molecule has 2 aliphatic rings. The normalized spacial score (nSPS) is 20.8. The van der Waals surface area contributed by atoms with Gasteiger partial charge in [0.2, 0.25) is 5.72 Å². The second-order valence-electron chi connectivity index (χ2n) is 10.4. The van der Waals surface area contributed by atoms with Crippen LogP contribution >= 0.6 is 23.2 Å². The minimum Gasteiger partial charge on any atom is -0.387 e. The highest BCUT2D eigenvalue weighted by atomic mass is 35.5. The minimum atomic E-state index is -1.81. The Balaban J connectivity index is 1.81. The summed E-state index contributed by atoms with van der Waals surface area (Å²) in [6, 6.07) is 11.7. The first-order chi connectivity index (χ1) is 17.9. The zero-order valence-corrected chi connectivity index (χ0v) is 22.4.